The molecule has 1 rings (SSSR count). The summed E-state index contributed by atoms with van der Waals surface area (Å²) in [5, 5.41) is 9.87. The third kappa shape index (κ3) is 5.45. The number of alkyl halides is 3. The van der Waals surface area contributed by atoms with E-state index in [-0.39, 0.29) is 18.0 Å². The first-order chi connectivity index (χ1) is 9.14. The van der Waals surface area contributed by atoms with Gasteiger partial charge >= 0.3 is 6.18 Å². The van der Waals surface area contributed by atoms with Crippen molar-refractivity contribution in [2.75, 3.05) is 0 Å². The largest absolute Gasteiger partial charge is 0.419 e. The average molecular weight is 330 g/mol. The maximum atomic E-state index is 13.9. The highest BCUT2D eigenvalue weighted by atomic mass is 35.5. The predicted molar refractivity (Wildman–Crippen MR) is 75.7 cm³/mol. The molecule has 21 heavy (non-hydrogen) atoms. The molecule has 0 unspecified atom stereocenters. The van der Waals surface area contributed by atoms with Gasteiger partial charge < -0.3 is 10.8 Å². The maximum Gasteiger partial charge on any atom is 0.419 e. The molecule has 2 nitrogen and oxygen atoms in total. The monoisotopic (exact) mass is 329 g/mol. The smallest absolute Gasteiger partial charge is 0.391 e. The first-order valence-electron chi connectivity index (χ1n) is 6.43. The Hall–Kier alpha value is -0.850. The standard InChI is InChI=1S/C14H19F4NO.ClH/c1-8(2)6-7-11(20)13(19)9-4-3-5-10(12(9)15)14(16,17)18;/h3-5,8,11,13,20H,6-7,19H2,1-2H3;1H/t11-,13+;/m1./s1. The molecule has 0 aliphatic rings. The van der Waals surface area contributed by atoms with Gasteiger partial charge in [-0.25, -0.2) is 4.39 Å². The van der Waals surface area contributed by atoms with Gasteiger partial charge in [0.25, 0.3) is 0 Å². The minimum absolute atomic E-state index is 0. The van der Waals surface area contributed by atoms with Crippen molar-refractivity contribution in [2.45, 2.75) is 45.0 Å². The third-order valence-electron chi connectivity index (χ3n) is 3.15. The number of nitrogens with two attached hydrogens (primary N) is 1. The second-order valence-corrected chi connectivity index (χ2v) is 5.27. The number of hydrogen-bond acceptors (Lipinski definition) is 2. The van der Waals surface area contributed by atoms with Crippen molar-refractivity contribution in [3.05, 3.63) is 35.1 Å². The SMILES string of the molecule is CC(C)CC[C@@H](O)[C@@H](N)c1cccc(C(F)(F)F)c1F.Cl. The topological polar surface area (TPSA) is 46.2 Å². The molecule has 0 heterocycles. The van der Waals surface area contributed by atoms with E-state index in [9.17, 15) is 22.7 Å². The Kier molecular flexibility index (Phi) is 7.64. The molecule has 0 bridgehead atoms. The van der Waals surface area contributed by atoms with Crippen LogP contribution in [0.15, 0.2) is 18.2 Å². The van der Waals surface area contributed by atoms with Gasteiger partial charge in [0.2, 0.25) is 0 Å². The van der Waals surface area contributed by atoms with E-state index >= 15 is 0 Å². The van der Waals surface area contributed by atoms with Crippen LogP contribution in [0.2, 0.25) is 0 Å². The Morgan fingerprint density at radius 1 is 1.19 bits per heavy atom. The zero-order valence-electron chi connectivity index (χ0n) is 11.8. The van der Waals surface area contributed by atoms with Crippen LogP contribution < -0.4 is 5.73 Å². The second-order valence-electron chi connectivity index (χ2n) is 5.27. The van der Waals surface area contributed by atoms with E-state index in [0.717, 1.165) is 6.07 Å². The van der Waals surface area contributed by atoms with Crippen LogP contribution in [0, 0.1) is 11.7 Å². The van der Waals surface area contributed by atoms with Crippen molar-refractivity contribution in [1.82, 2.24) is 0 Å². The fraction of sp³-hybridized carbons (Fsp3) is 0.571. The molecule has 0 saturated heterocycles. The Bertz CT molecular complexity index is 451. The molecule has 0 aromatic heterocycles. The molecule has 1 aromatic rings. The van der Waals surface area contributed by atoms with Crippen LogP contribution in [-0.4, -0.2) is 11.2 Å². The maximum absolute atomic E-state index is 13.9. The highest BCUT2D eigenvalue weighted by Gasteiger charge is 2.36. The van der Waals surface area contributed by atoms with Crippen LogP contribution in [0.3, 0.4) is 0 Å². The van der Waals surface area contributed by atoms with E-state index in [2.05, 4.69) is 0 Å². The van der Waals surface area contributed by atoms with Crippen molar-refractivity contribution in [2.24, 2.45) is 11.7 Å². The highest BCUT2D eigenvalue weighted by molar-refractivity contribution is 5.85. The van der Waals surface area contributed by atoms with Crippen molar-refractivity contribution < 1.29 is 22.7 Å². The summed E-state index contributed by atoms with van der Waals surface area (Å²) >= 11 is 0. The van der Waals surface area contributed by atoms with E-state index in [1.54, 1.807) is 0 Å². The molecule has 0 saturated carbocycles. The van der Waals surface area contributed by atoms with E-state index in [1.807, 2.05) is 13.8 Å². The normalized spacial score (nSPS) is 14.7. The Morgan fingerprint density at radius 3 is 2.24 bits per heavy atom. The summed E-state index contributed by atoms with van der Waals surface area (Å²) in [5.74, 6) is -1.08. The van der Waals surface area contributed by atoms with Gasteiger partial charge in [-0.1, -0.05) is 26.0 Å². The number of aliphatic hydroxyl groups excluding tert-OH is 1. The molecule has 0 aliphatic carbocycles. The zero-order valence-corrected chi connectivity index (χ0v) is 12.6. The molecule has 0 aliphatic heterocycles. The highest BCUT2D eigenvalue weighted by Crippen LogP contribution is 2.34. The molecule has 0 fully saturated rings. The minimum atomic E-state index is -4.78. The van der Waals surface area contributed by atoms with Crippen LogP contribution in [0.5, 0.6) is 0 Å². The second kappa shape index (κ2) is 7.96. The van der Waals surface area contributed by atoms with Gasteiger partial charge in [-0.15, -0.1) is 12.4 Å². The van der Waals surface area contributed by atoms with Crippen LogP contribution in [0.25, 0.3) is 0 Å². The van der Waals surface area contributed by atoms with Gasteiger partial charge in [0.1, 0.15) is 5.82 Å². The van der Waals surface area contributed by atoms with Crippen LogP contribution >= 0.6 is 12.4 Å². The van der Waals surface area contributed by atoms with E-state index in [0.29, 0.717) is 24.8 Å². The summed E-state index contributed by atoms with van der Waals surface area (Å²) in [6, 6.07) is 1.76. The van der Waals surface area contributed by atoms with Crippen LogP contribution in [0.4, 0.5) is 17.6 Å². The molecule has 0 spiro atoms. The Morgan fingerprint density at radius 2 is 1.76 bits per heavy atom. The van der Waals surface area contributed by atoms with Gasteiger partial charge in [0, 0.05) is 5.56 Å². The average Bonchev–Trinajstić information content (AvgIpc) is 2.33. The third-order valence-corrected chi connectivity index (χ3v) is 3.15. The molecular weight excluding hydrogens is 310 g/mol. The quantitative estimate of drug-likeness (QED) is 0.800. The molecule has 2 atom stereocenters. The lowest BCUT2D eigenvalue weighted by molar-refractivity contribution is -0.140. The predicted octanol–water partition coefficient (Wildman–Crippen LogP) is 4.06. The van der Waals surface area contributed by atoms with E-state index < -0.39 is 29.7 Å². The first-order valence-corrected chi connectivity index (χ1v) is 6.43. The summed E-state index contributed by atoms with van der Waals surface area (Å²) in [7, 11) is 0. The Labute approximate surface area is 127 Å². The molecule has 0 amide bonds. The number of halogens is 5. The molecule has 0 radical (unpaired) electrons. The van der Waals surface area contributed by atoms with Crippen molar-refractivity contribution in [3.8, 4) is 0 Å². The summed E-state index contributed by atoms with van der Waals surface area (Å²) in [4.78, 5) is 0. The number of hydrogen-bond donors (Lipinski definition) is 2. The Balaban J connectivity index is 0.00000400. The summed E-state index contributed by atoms with van der Waals surface area (Å²) in [6.07, 6.45) is -4.87. The molecule has 3 N–H and O–H groups in total. The molecule has 7 heteroatoms. The van der Waals surface area contributed by atoms with Gasteiger partial charge in [-0.2, -0.15) is 13.2 Å². The number of rotatable bonds is 5. The van der Waals surface area contributed by atoms with Gasteiger partial charge in [-0.05, 0) is 24.8 Å². The fourth-order valence-electron chi connectivity index (χ4n) is 1.92. The van der Waals surface area contributed by atoms with Crippen molar-refractivity contribution in [1.29, 1.82) is 0 Å². The minimum Gasteiger partial charge on any atom is -0.391 e. The van der Waals surface area contributed by atoms with Crippen LogP contribution in [-0.2, 0) is 6.18 Å². The first kappa shape index (κ1) is 20.1. The van der Waals surface area contributed by atoms with Gasteiger partial charge in [0.15, 0.2) is 0 Å². The van der Waals surface area contributed by atoms with Gasteiger partial charge in [-0.3, -0.25) is 0 Å². The van der Waals surface area contributed by atoms with Crippen molar-refractivity contribution in [3.63, 3.8) is 0 Å². The summed E-state index contributed by atoms with van der Waals surface area (Å²) < 4.78 is 51.7. The number of aliphatic hydroxyl groups is 1. The zero-order chi connectivity index (χ0) is 15.5. The fourth-order valence-corrected chi connectivity index (χ4v) is 1.92. The van der Waals surface area contributed by atoms with Crippen LogP contribution in [0.1, 0.15) is 43.9 Å². The molecular formula is C14H20ClF4NO. The molecule has 1 aromatic carbocycles. The summed E-state index contributed by atoms with van der Waals surface area (Å²) in [6.45, 7) is 3.90. The summed E-state index contributed by atoms with van der Waals surface area (Å²) in [5.41, 5.74) is 4.01. The lowest BCUT2D eigenvalue weighted by Gasteiger charge is -2.21. The van der Waals surface area contributed by atoms with E-state index in [4.69, 9.17) is 5.73 Å². The van der Waals surface area contributed by atoms with Crippen molar-refractivity contribution >= 4 is 12.4 Å². The van der Waals surface area contributed by atoms with Gasteiger partial charge in [0.05, 0.1) is 17.7 Å². The van der Waals surface area contributed by atoms with E-state index in [1.165, 1.54) is 6.07 Å². The lowest BCUT2D eigenvalue weighted by atomic mass is 9.94. The lowest BCUT2D eigenvalue weighted by Crippen LogP contribution is -2.28. The number of benzene rings is 1. The molecule has 122 valence electrons.